The van der Waals surface area contributed by atoms with E-state index in [9.17, 15) is 9.90 Å². The molecule has 0 atom stereocenters. The number of hydrogen-bond donors (Lipinski definition) is 1. The SMILES string of the molecule is O=C(O)c1nnn(-c2ccccc2Br)c1-c1ccncc1. The van der Waals surface area contributed by atoms with E-state index in [0.717, 1.165) is 4.47 Å². The van der Waals surface area contributed by atoms with Crippen molar-refractivity contribution in [2.45, 2.75) is 0 Å². The third kappa shape index (κ3) is 2.43. The molecule has 6 nitrogen and oxygen atoms in total. The van der Waals surface area contributed by atoms with Gasteiger partial charge in [0.25, 0.3) is 0 Å². The van der Waals surface area contributed by atoms with Gasteiger partial charge in [-0.2, -0.15) is 0 Å². The zero-order valence-corrected chi connectivity index (χ0v) is 12.2. The second-order valence-corrected chi connectivity index (χ2v) is 5.05. The summed E-state index contributed by atoms with van der Waals surface area (Å²) in [5.41, 5.74) is 1.71. The average Bonchev–Trinajstić information content (AvgIpc) is 2.93. The fourth-order valence-electron chi connectivity index (χ4n) is 1.99. The molecule has 0 bridgehead atoms. The molecular weight excluding hydrogens is 336 g/mol. The monoisotopic (exact) mass is 344 g/mol. The molecule has 0 fully saturated rings. The van der Waals surface area contributed by atoms with Crippen molar-refractivity contribution in [1.82, 2.24) is 20.0 Å². The molecule has 2 heterocycles. The zero-order chi connectivity index (χ0) is 14.8. The highest BCUT2D eigenvalue weighted by Crippen LogP contribution is 2.28. The number of rotatable bonds is 3. The Labute approximate surface area is 128 Å². The summed E-state index contributed by atoms with van der Waals surface area (Å²) in [5, 5.41) is 17.1. The molecule has 0 spiro atoms. The van der Waals surface area contributed by atoms with Crippen molar-refractivity contribution in [3.8, 4) is 16.9 Å². The van der Waals surface area contributed by atoms with Gasteiger partial charge in [0.1, 0.15) is 5.69 Å². The lowest BCUT2D eigenvalue weighted by Gasteiger charge is -2.08. The summed E-state index contributed by atoms with van der Waals surface area (Å²) in [6, 6.07) is 10.8. The van der Waals surface area contributed by atoms with Gasteiger partial charge in [-0.05, 0) is 40.2 Å². The number of nitrogens with zero attached hydrogens (tertiary/aromatic N) is 4. The summed E-state index contributed by atoms with van der Waals surface area (Å²) in [4.78, 5) is 15.3. The van der Waals surface area contributed by atoms with Gasteiger partial charge < -0.3 is 5.11 Å². The minimum Gasteiger partial charge on any atom is -0.476 e. The zero-order valence-electron chi connectivity index (χ0n) is 10.6. The van der Waals surface area contributed by atoms with E-state index in [1.54, 1.807) is 24.5 Å². The van der Waals surface area contributed by atoms with E-state index < -0.39 is 5.97 Å². The van der Waals surface area contributed by atoms with Crippen LogP contribution in [0.25, 0.3) is 16.9 Å². The fourth-order valence-corrected chi connectivity index (χ4v) is 2.44. The summed E-state index contributed by atoms with van der Waals surface area (Å²) >= 11 is 3.44. The van der Waals surface area contributed by atoms with Crippen LogP contribution in [0.3, 0.4) is 0 Å². The predicted molar refractivity (Wildman–Crippen MR) is 79.2 cm³/mol. The highest BCUT2D eigenvalue weighted by atomic mass is 79.9. The van der Waals surface area contributed by atoms with Crippen LogP contribution in [0.2, 0.25) is 0 Å². The number of benzene rings is 1. The molecule has 0 amide bonds. The Balaban J connectivity index is 2.28. The first-order valence-electron chi connectivity index (χ1n) is 6.03. The van der Waals surface area contributed by atoms with E-state index in [4.69, 9.17) is 0 Å². The first-order chi connectivity index (χ1) is 10.2. The molecule has 104 valence electrons. The van der Waals surface area contributed by atoms with Crippen LogP contribution >= 0.6 is 15.9 Å². The Bertz CT molecular complexity index is 802. The van der Waals surface area contributed by atoms with Gasteiger partial charge in [-0.25, -0.2) is 9.48 Å². The molecule has 0 aliphatic heterocycles. The van der Waals surface area contributed by atoms with E-state index >= 15 is 0 Å². The smallest absolute Gasteiger partial charge is 0.358 e. The molecule has 0 saturated carbocycles. The van der Waals surface area contributed by atoms with Gasteiger partial charge in [-0.3, -0.25) is 4.98 Å². The topological polar surface area (TPSA) is 80.9 Å². The molecule has 0 unspecified atom stereocenters. The molecule has 3 rings (SSSR count). The Morgan fingerprint density at radius 3 is 2.52 bits per heavy atom. The minimum atomic E-state index is -1.12. The molecule has 1 N–H and O–H groups in total. The van der Waals surface area contributed by atoms with Gasteiger partial charge in [0, 0.05) is 22.4 Å². The predicted octanol–water partition coefficient (Wildman–Crippen LogP) is 2.79. The number of aromatic carboxylic acids is 1. The van der Waals surface area contributed by atoms with E-state index in [-0.39, 0.29) is 5.69 Å². The van der Waals surface area contributed by atoms with Crippen molar-refractivity contribution >= 4 is 21.9 Å². The number of carboxylic acid groups (broad SMARTS) is 1. The van der Waals surface area contributed by atoms with Crippen LogP contribution in [-0.4, -0.2) is 31.1 Å². The van der Waals surface area contributed by atoms with Crippen molar-refractivity contribution in [3.63, 3.8) is 0 Å². The molecule has 0 aliphatic carbocycles. The van der Waals surface area contributed by atoms with E-state index in [2.05, 4.69) is 31.2 Å². The summed E-state index contributed by atoms with van der Waals surface area (Å²) in [7, 11) is 0. The molecule has 2 aromatic heterocycles. The number of para-hydroxylation sites is 1. The van der Waals surface area contributed by atoms with Gasteiger partial charge in [-0.15, -0.1) is 5.10 Å². The maximum Gasteiger partial charge on any atom is 0.358 e. The highest BCUT2D eigenvalue weighted by molar-refractivity contribution is 9.10. The van der Waals surface area contributed by atoms with Crippen LogP contribution in [0.15, 0.2) is 53.3 Å². The summed E-state index contributed by atoms with van der Waals surface area (Å²) in [5.74, 6) is -1.12. The first kappa shape index (κ1) is 13.4. The lowest BCUT2D eigenvalue weighted by Crippen LogP contribution is -2.03. The Kier molecular flexibility index (Phi) is 3.49. The minimum absolute atomic E-state index is 0.100. The third-order valence-electron chi connectivity index (χ3n) is 2.91. The van der Waals surface area contributed by atoms with Crippen molar-refractivity contribution in [3.05, 3.63) is 59.0 Å². The van der Waals surface area contributed by atoms with Crippen LogP contribution in [0.1, 0.15) is 10.5 Å². The van der Waals surface area contributed by atoms with Crippen LogP contribution in [0.4, 0.5) is 0 Å². The van der Waals surface area contributed by atoms with Crippen LogP contribution in [0, 0.1) is 0 Å². The van der Waals surface area contributed by atoms with E-state index in [1.165, 1.54) is 4.68 Å². The van der Waals surface area contributed by atoms with Gasteiger partial charge in [0.2, 0.25) is 0 Å². The number of carbonyl (C=O) groups is 1. The van der Waals surface area contributed by atoms with Crippen LogP contribution in [0.5, 0.6) is 0 Å². The van der Waals surface area contributed by atoms with Crippen LogP contribution in [-0.2, 0) is 0 Å². The fraction of sp³-hybridized carbons (Fsp3) is 0. The Morgan fingerprint density at radius 1 is 1.14 bits per heavy atom. The number of pyridine rings is 1. The van der Waals surface area contributed by atoms with Crippen molar-refractivity contribution in [2.24, 2.45) is 0 Å². The Hall–Kier alpha value is -2.54. The lowest BCUT2D eigenvalue weighted by molar-refractivity contribution is 0.0691. The number of hydrogen-bond acceptors (Lipinski definition) is 4. The number of aromatic nitrogens is 4. The largest absolute Gasteiger partial charge is 0.476 e. The second-order valence-electron chi connectivity index (χ2n) is 4.19. The normalized spacial score (nSPS) is 10.5. The maximum absolute atomic E-state index is 11.4. The molecule has 0 aliphatic rings. The third-order valence-corrected chi connectivity index (χ3v) is 3.58. The van der Waals surface area contributed by atoms with Gasteiger partial charge in [0.15, 0.2) is 5.69 Å². The Morgan fingerprint density at radius 2 is 1.86 bits per heavy atom. The van der Waals surface area contributed by atoms with Crippen molar-refractivity contribution in [1.29, 1.82) is 0 Å². The molecule has 21 heavy (non-hydrogen) atoms. The quantitative estimate of drug-likeness (QED) is 0.789. The molecular formula is C14H9BrN4O2. The van der Waals surface area contributed by atoms with Crippen LogP contribution < -0.4 is 0 Å². The van der Waals surface area contributed by atoms with E-state index in [0.29, 0.717) is 16.9 Å². The number of carboxylic acids is 1. The molecule has 0 radical (unpaired) electrons. The van der Waals surface area contributed by atoms with Gasteiger partial charge >= 0.3 is 5.97 Å². The van der Waals surface area contributed by atoms with E-state index in [1.807, 2.05) is 24.3 Å². The van der Waals surface area contributed by atoms with Crippen molar-refractivity contribution in [2.75, 3.05) is 0 Å². The summed E-state index contributed by atoms with van der Waals surface area (Å²) < 4.78 is 2.30. The molecule has 3 aromatic rings. The molecule has 0 saturated heterocycles. The molecule has 1 aromatic carbocycles. The standard InChI is InChI=1S/C14H9BrN4O2/c15-10-3-1-2-4-11(10)19-13(9-5-7-16-8-6-9)12(14(20)21)17-18-19/h1-8H,(H,20,21). The molecule has 7 heteroatoms. The van der Waals surface area contributed by atoms with Gasteiger partial charge in [0.05, 0.1) is 5.69 Å². The van der Waals surface area contributed by atoms with Gasteiger partial charge in [-0.1, -0.05) is 17.3 Å². The van der Waals surface area contributed by atoms with Crippen molar-refractivity contribution < 1.29 is 9.90 Å². The first-order valence-corrected chi connectivity index (χ1v) is 6.82. The number of halogens is 1. The highest BCUT2D eigenvalue weighted by Gasteiger charge is 2.22. The lowest BCUT2D eigenvalue weighted by atomic mass is 10.1. The maximum atomic E-state index is 11.4. The summed E-state index contributed by atoms with van der Waals surface area (Å²) in [6.45, 7) is 0. The summed E-state index contributed by atoms with van der Waals surface area (Å²) in [6.07, 6.45) is 3.19. The average molecular weight is 345 g/mol. The second kappa shape index (κ2) is 5.45.